The summed E-state index contributed by atoms with van der Waals surface area (Å²) in [6, 6.07) is 15.9. The van der Waals surface area contributed by atoms with Crippen molar-refractivity contribution in [3.05, 3.63) is 54.4 Å². The Morgan fingerprint density at radius 1 is 1.21 bits per heavy atom. The highest BCUT2D eigenvalue weighted by atomic mass is 32.2. The van der Waals surface area contributed by atoms with Crippen molar-refractivity contribution in [2.45, 2.75) is 31.2 Å². The van der Waals surface area contributed by atoms with Gasteiger partial charge in [-0.3, -0.25) is 4.79 Å². The lowest BCUT2D eigenvalue weighted by atomic mass is 10.3. The van der Waals surface area contributed by atoms with Crippen LogP contribution in [0.4, 0.5) is 5.69 Å². The van der Waals surface area contributed by atoms with Crippen LogP contribution in [0.2, 0.25) is 0 Å². The van der Waals surface area contributed by atoms with Crippen molar-refractivity contribution in [1.29, 1.82) is 0 Å². The number of anilines is 1. The van der Waals surface area contributed by atoms with E-state index in [-0.39, 0.29) is 12.5 Å². The molecular weight excluding hydrogens is 318 g/mol. The Morgan fingerprint density at radius 2 is 2.04 bits per heavy atom. The largest absolute Gasteiger partial charge is 0.324 e. The molecule has 0 unspecified atom stereocenters. The quantitative estimate of drug-likeness (QED) is 0.679. The Balaban J connectivity index is 1.83. The predicted molar refractivity (Wildman–Crippen MR) is 101 cm³/mol. The van der Waals surface area contributed by atoms with Crippen LogP contribution in [-0.2, 0) is 17.8 Å². The van der Waals surface area contributed by atoms with Gasteiger partial charge in [-0.25, -0.2) is 4.98 Å². The number of nitrogens with zero attached hydrogens (tertiary/aromatic N) is 2. The number of hydrogen-bond acceptors (Lipinski definition) is 3. The molecular formula is C19H21N3OS. The van der Waals surface area contributed by atoms with Crippen LogP contribution in [0.15, 0.2) is 53.4 Å². The van der Waals surface area contributed by atoms with Gasteiger partial charge in [0.05, 0.1) is 11.0 Å². The van der Waals surface area contributed by atoms with E-state index in [1.165, 1.54) is 0 Å². The van der Waals surface area contributed by atoms with Gasteiger partial charge in [0.1, 0.15) is 12.4 Å². The third-order valence-corrected chi connectivity index (χ3v) is 4.59. The molecule has 0 aliphatic heterocycles. The Kier molecular flexibility index (Phi) is 5.20. The smallest absolute Gasteiger partial charge is 0.244 e. The summed E-state index contributed by atoms with van der Waals surface area (Å²) in [4.78, 5) is 18.3. The average molecular weight is 339 g/mol. The van der Waals surface area contributed by atoms with Crippen LogP contribution in [0, 0.1) is 0 Å². The van der Waals surface area contributed by atoms with Gasteiger partial charge in [-0.1, -0.05) is 25.1 Å². The van der Waals surface area contributed by atoms with Crippen LogP contribution >= 0.6 is 11.8 Å². The van der Waals surface area contributed by atoms with Gasteiger partial charge in [0.15, 0.2) is 0 Å². The number of benzene rings is 2. The Hall–Kier alpha value is -2.27. The third kappa shape index (κ3) is 3.62. The number of amides is 1. The fourth-order valence-electron chi connectivity index (χ4n) is 2.76. The number of fused-ring (bicyclic) bond motifs is 1. The van der Waals surface area contributed by atoms with Gasteiger partial charge in [-0.15, -0.1) is 11.8 Å². The standard InChI is InChI=1S/C19H21N3OS/c1-3-7-18-21-16-10-4-5-11-17(16)22(18)13-19(23)20-14-8-6-9-15(12-14)24-2/h4-6,8-12H,3,7,13H2,1-2H3,(H,20,23). The van der Waals surface area contributed by atoms with E-state index in [2.05, 4.69) is 17.2 Å². The number of carbonyl (C=O) groups is 1. The highest BCUT2D eigenvalue weighted by Gasteiger charge is 2.13. The van der Waals surface area contributed by atoms with Crippen molar-refractivity contribution in [1.82, 2.24) is 9.55 Å². The van der Waals surface area contributed by atoms with Crippen molar-refractivity contribution < 1.29 is 4.79 Å². The molecule has 0 aliphatic carbocycles. The molecule has 0 bridgehead atoms. The summed E-state index contributed by atoms with van der Waals surface area (Å²) in [7, 11) is 0. The summed E-state index contributed by atoms with van der Waals surface area (Å²) in [5.41, 5.74) is 2.78. The lowest BCUT2D eigenvalue weighted by molar-refractivity contribution is -0.116. The van der Waals surface area contributed by atoms with E-state index in [1.807, 2.05) is 59.4 Å². The second-order valence-electron chi connectivity index (χ2n) is 5.63. The fraction of sp³-hybridized carbons (Fsp3) is 0.263. The van der Waals surface area contributed by atoms with Gasteiger partial charge in [-0.2, -0.15) is 0 Å². The van der Waals surface area contributed by atoms with Crippen molar-refractivity contribution in [2.24, 2.45) is 0 Å². The zero-order valence-electron chi connectivity index (χ0n) is 14.0. The van der Waals surface area contributed by atoms with Gasteiger partial charge >= 0.3 is 0 Å². The average Bonchev–Trinajstić information content (AvgIpc) is 2.93. The number of rotatable bonds is 6. The second kappa shape index (κ2) is 7.53. The molecule has 1 heterocycles. The number of thioether (sulfide) groups is 1. The normalized spacial score (nSPS) is 10.9. The lowest BCUT2D eigenvalue weighted by Crippen LogP contribution is -2.20. The number of imidazole rings is 1. The summed E-state index contributed by atoms with van der Waals surface area (Å²) in [6.07, 6.45) is 3.89. The molecule has 1 amide bonds. The monoisotopic (exact) mass is 339 g/mol. The first-order valence-corrected chi connectivity index (χ1v) is 9.31. The number of aromatic nitrogens is 2. The summed E-state index contributed by atoms with van der Waals surface area (Å²) in [6.45, 7) is 2.40. The first-order valence-electron chi connectivity index (χ1n) is 8.09. The molecule has 3 aromatic rings. The third-order valence-electron chi connectivity index (χ3n) is 3.86. The van der Waals surface area contributed by atoms with Gasteiger partial charge in [0.2, 0.25) is 5.91 Å². The summed E-state index contributed by atoms with van der Waals surface area (Å²) < 4.78 is 2.02. The van der Waals surface area contributed by atoms with Crippen LogP contribution in [0.25, 0.3) is 11.0 Å². The minimum absolute atomic E-state index is 0.0336. The molecule has 124 valence electrons. The summed E-state index contributed by atoms with van der Waals surface area (Å²) >= 11 is 1.66. The lowest BCUT2D eigenvalue weighted by Gasteiger charge is -2.10. The van der Waals surface area contributed by atoms with Crippen LogP contribution in [-0.4, -0.2) is 21.7 Å². The number of hydrogen-bond donors (Lipinski definition) is 1. The highest BCUT2D eigenvalue weighted by molar-refractivity contribution is 7.98. The molecule has 1 aromatic heterocycles. The molecule has 24 heavy (non-hydrogen) atoms. The molecule has 0 saturated carbocycles. The molecule has 1 N–H and O–H groups in total. The zero-order valence-corrected chi connectivity index (χ0v) is 14.8. The van der Waals surface area contributed by atoms with Crippen molar-refractivity contribution in [2.75, 3.05) is 11.6 Å². The maximum atomic E-state index is 12.5. The molecule has 4 nitrogen and oxygen atoms in total. The first kappa shape index (κ1) is 16.6. The van der Waals surface area contributed by atoms with Gasteiger partial charge in [0, 0.05) is 17.0 Å². The maximum Gasteiger partial charge on any atom is 0.244 e. The van der Waals surface area contributed by atoms with Crippen LogP contribution in [0.5, 0.6) is 0 Å². The molecule has 2 aromatic carbocycles. The molecule has 5 heteroatoms. The molecule has 0 aliphatic rings. The topological polar surface area (TPSA) is 46.9 Å². The molecule has 0 radical (unpaired) electrons. The minimum Gasteiger partial charge on any atom is -0.324 e. The SMILES string of the molecule is CCCc1nc2ccccc2n1CC(=O)Nc1cccc(SC)c1. The first-order chi connectivity index (χ1) is 11.7. The summed E-state index contributed by atoms with van der Waals surface area (Å²) in [5.74, 6) is 0.931. The number of carbonyl (C=O) groups excluding carboxylic acids is 1. The fourth-order valence-corrected chi connectivity index (χ4v) is 3.22. The Labute approximate surface area is 146 Å². The number of para-hydroxylation sites is 2. The van der Waals surface area contributed by atoms with E-state index in [4.69, 9.17) is 0 Å². The molecule has 0 fully saturated rings. The Bertz CT molecular complexity index is 857. The van der Waals surface area contributed by atoms with E-state index in [0.717, 1.165) is 40.3 Å². The van der Waals surface area contributed by atoms with E-state index in [1.54, 1.807) is 11.8 Å². The maximum absolute atomic E-state index is 12.5. The van der Waals surface area contributed by atoms with Gasteiger partial charge < -0.3 is 9.88 Å². The van der Waals surface area contributed by atoms with E-state index in [0.29, 0.717) is 0 Å². The molecule has 3 rings (SSSR count). The van der Waals surface area contributed by atoms with Crippen molar-refractivity contribution >= 4 is 34.4 Å². The van der Waals surface area contributed by atoms with Crippen molar-refractivity contribution in [3.8, 4) is 0 Å². The summed E-state index contributed by atoms with van der Waals surface area (Å²) in [5, 5.41) is 2.99. The van der Waals surface area contributed by atoms with E-state index < -0.39 is 0 Å². The minimum atomic E-state index is -0.0336. The second-order valence-corrected chi connectivity index (χ2v) is 6.51. The van der Waals surface area contributed by atoms with Gasteiger partial charge in [-0.05, 0) is 43.0 Å². The zero-order chi connectivity index (χ0) is 16.9. The highest BCUT2D eigenvalue weighted by Crippen LogP contribution is 2.20. The van der Waals surface area contributed by atoms with Crippen LogP contribution in [0.3, 0.4) is 0 Å². The van der Waals surface area contributed by atoms with Crippen LogP contribution in [0.1, 0.15) is 19.2 Å². The van der Waals surface area contributed by atoms with E-state index in [9.17, 15) is 4.79 Å². The predicted octanol–water partition coefficient (Wildman–Crippen LogP) is 4.35. The molecule has 0 saturated heterocycles. The van der Waals surface area contributed by atoms with E-state index >= 15 is 0 Å². The van der Waals surface area contributed by atoms with Crippen molar-refractivity contribution in [3.63, 3.8) is 0 Å². The number of aryl methyl sites for hydroxylation is 1. The number of nitrogens with one attached hydrogen (secondary N) is 1. The molecule has 0 atom stereocenters. The van der Waals surface area contributed by atoms with Crippen LogP contribution < -0.4 is 5.32 Å². The van der Waals surface area contributed by atoms with Gasteiger partial charge in [0.25, 0.3) is 0 Å². The Morgan fingerprint density at radius 3 is 2.83 bits per heavy atom. The molecule has 0 spiro atoms.